The number of nitro benzene ring substituents is 1. The van der Waals surface area contributed by atoms with E-state index in [9.17, 15) is 14.9 Å². The molecule has 7 nitrogen and oxygen atoms in total. The Hall–Kier alpha value is -2.88. The Bertz CT molecular complexity index is 1130. The molecule has 0 aliphatic heterocycles. The molecule has 0 heterocycles. The van der Waals surface area contributed by atoms with E-state index in [0.29, 0.717) is 15.2 Å². The van der Waals surface area contributed by atoms with Crippen molar-refractivity contribution in [2.24, 2.45) is 5.10 Å². The molecule has 0 aliphatic carbocycles. The van der Waals surface area contributed by atoms with Crippen LogP contribution in [0, 0.1) is 10.1 Å². The van der Waals surface area contributed by atoms with Gasteiger partial charge < -0.3 is 4.74 Å². The minimum absolute atomic E-state index is 0.0363. The van der Waals surface area contributed by atoms with Crippen LogP contribution in [0.1, 0.15) is 11.1 Å². The van der Waals surface area contributed by atoms with Gasteiger partial charge in [0.2, 0.25) is 5.91 Å². The number of thioether (sulfide) groups is 1. The molecule has 32 heavy (non-hydrogen) atoms. The SMILES string of the molecule is O=C(CSc1ccc(Cl)cc1)N/N=C\c1ccc(OCc2ccc([N+](=O)[O-])cc2)c(Br)c1. The quantitative estimate of drug-likeness (QED) is 0.161. The Kier molecular flexibility index (Phi) is 8.66. The van der Waals surface area contributed by atoms with Crippen LogP contribution in [0.15, 0.2) is 81.2 Å². The van der Waals surface area contributed by atoms with Crippen molar-refractivity contribution in [3.8, 4) is 5.75 Å². The molecule has 0 aromatic heterocycles. The number of hydrogen-bond acceptors (Lipinski definition) is 6. The van der Waals surface area contributed by atoms with Crippen LogP contribution in [0.5, 0.6) is 5.75 Å². The highest BCUT2D eigenvalue weighted by Gasteiger charge is 2.06. The smallest absolute Gasteiger partial charge is 0.269 e. The zero-order valence-corrected chi connectivity index (χ0v) is 19.7. The Labute approximate surface area is 202 Å². The van der Waals surface area contributed by atoms with Crippen molar-refractivity contribution in [1.29, 1.82) is 0 Å². The van der Waals surface area contributed by atoms with Gasteiger partial charge in [-0.05, 0) is 81.7 Å². The van der Waals surface area contributed by atoms with Crippen molar-refractivity contribution in [2.45, 2.75) is 11.5 Å². The van der Waals surface area contributed by atoms with Crippen LogP contribution in [0.25, 0.3) is 0 Å². The van der Waals surface area contributed by atoms with Gasteiger partial charge in [-0.15, -0.1) is 11.8 Å². The molecular formula is C22H17BrClN3O4S. The summed E-state index contributed by atoms with van der Waals surface area (Å²) in [5.41, 5.74) is 4.11. The van der Waals surface area contributed by atoms with E-state index in [1.54, 1.807) is 36.4 Å². The van der Waals surface area contributed by atoms with Gasteiger partial charge >= 0.3 is 0 Å². The number of hydrogen-bond donors (Lipinski definition) is 1. The van der Waals surface area contributed by atoms with Crippen LogP contribution in [-0.4, -0.2) is 22.8 Å². The molecule has 0 saturated heterocycles. The van der Waals surface area contributed by atoms with E-state index in [-0.39, 0.29) is 24.0 Å². The van der Waals surface area contributed by atoms with E-state index in [1.165, 1.54) is 30.1 Å². The number of benzene rings is 3. The molecule has 1 amide bonds. The molecular weight excluding hydrogens is 518 g/mol. The molecule has 3 rings (SSSR count). The lowest BCUT2D eigenvalue weighted by molar-refractivity contribution is -0.384. The topological polar surface area (TPSA) is 93.8 Å². The van der Waals surface area contributed by atoms with Crippen molar-refractivity contribution < 1.29 is 14.5 Å². The first-order valence-corrected chi connectivity index (χ1v) is 11.4. The summed E-state index contributed by atoms with van der Waals surface area (Å²) in [6.07, 6.45) is 1.54. The molecule has 1 N–H and O–H groups in total. The molecule has 3 aromatic carbocycles. The summed E-state index contributed by atoms with van der Waals surface area (Å²) in [6.45, 7) is 0.269. The lowest BCUT2D eigenvalue weighted by Crippen LogP contribution is -2.19. The first-order chi connectivity index (χ1) is 15.4. The number of rotatable bonds is 9. The average molecular weight is 535 g/mol. The summed E-state index contributed by atoms with van der Waals surface area (Å²) in [5, 5.41) is 15.3. The van der Waals surface area contributed by atoms with Crippen LogP contribution in [0.2, 0.25) is 5.02 Å². The van der Waals surface area contributed by atoms with Crippen LogP contribution in [0.4, 0.5) is 5.69 Å². The maximum atomic E-state index is 11.9. The van der Waals surface area contributed by atoms with E-state index < -0.39 is 4.92 Å². The van der Waals surface area contributed by atoms with E-state index in [0.717, 1.165) is 16.0 Å². The third-order valence-electron chi connectivity index (χ3n) is 4.08. The summed E-state index contributed by atoms with van der Waals surface area (Å²) in [4.78, 5) is 23.1. The minimum atomic E-state index is -0.442. The van der Waals surface area contributed by atoms with Gasteiger partial charge in [-0.25, -0.2) is 5.43 Å². The molecule has 10 heteroatoms. The molecule has 0 fully saturated rings. The van der Waals surface area contributed by atoms with Gasteiger partial charge in [0.05, 0.1) is 21.4 Å². The van der Waals surface area contributed by atoms with Crippen molar-refractivity contribution in [3.05, 3.63) is 97.5 Å². The molecule has 164 valence electrons. The van der Waals surface area contributed by atoms with Gasteiger partial charge in [-0.2, -0.15) is 5.10 Å². The fraction of sp³-hybridized carbons (Fsp3) is 0.0909. The van der Waals surface area contributed by atoms with Crippen molar-refractivity contribution in [2.75, 3.05) is 5.75 Å². The maximum Gasteiger partial charge on any atom is 0.269 e. The number of nitrogens with one attached hydrogen (secondary N) is 1. The van der Waals surface area contributed by atoms with Crippen molar-refractivity contribution in [3.63, 3.8) is 0 Å². The minimum Gasteiger partial charge on any atom is -0.488 e. The predicted molar refractivity (Wildman–Crippen MR) is 129 cm³/mol. The second-order valence-corrected chi connectivity index (χ2v) is 8.78. The van der Waals surface area contributed by atoms with Crippen LogP contribution in [0.3, 0.4) is 0 Å². The third-order valence-corrected chi connectivity index (χ3v) is 5.97. The number of ether oxygens (including phenoxy) is 1. The highest BCUT2D eigenvalue weighted by atomic mass is 79.9. The van der Waals surface area contributed by atoms with Crippen LogP contribution in [-0.2, 0) is 11.4 Å². The number of nitro groups is 1. The van der Waals surface area contributed by atoms with Gasteiger partial charge in [-0.1, -0.05) is 11.6 Å². The fourth-order valence-electron chi connectivity index (χ4n) is 2.48. The molecule has 3 aromatic rings. The summed E-state index contributed by atoms with van der Waals surface area (Å²) in [6, 6.07) is 18.8. The molecule has 0 aliphatic rings. The van der Waals surface area contributed by atoms with Crippen molar-refractivity contribution >= 4 is 57.1 Å². The van der Waals surface area contributed by atoms with E-state index in [1.807, 2.05) is 18.2 Å². The maximum absolute atomic E-state index is 11.9. The average Bonchev–Trinajstić information content (AvgIpc) is 2.78. The first kappa shape index (κ1) is 23.8. The predicted octanol–water partition coefficient (Wildman–Crippen LogP) is 5.83. The number of amides is 1. The zero-order chi connectivity index (χ0) is 22.9. The molecule has 0 radical (unpaired) electrons. The monoisotopic (exact) mass is 533 g/mol. The summed E-state index contributed by atoms with van der Waals surface area (Å²) >= 11 is 10.7. The van der Waals surface area contributed by atoms with Gasteiger partial charge in [0.15, 0.2) is 0 Å². The molecule has 0 saturated carbocycles. The lowest BCUT2D eigenvalue weighted by Gasteiger charge is -2.09. The number of hydrazone groups is 1. The Morgan fingerprint density at radius 3 is 2.53 bits per heavy atom. The molecule has 0 bridgehead atoms. The first-order valence-electron chi connectivity index (χ1n) is 9.26. The van der Waals surface area contributed by atoms with Gasteiger partial charge in [0.1, 0.15) is 12.4 Å². The molecule has 0 atom stereocenters. The number of carbonyl (C=O) groups excluding carboxylic acids is 1. The van der Waals surface area contributed by atoms with Crippen LogP contribution >= 0.6 is 39.3 Å². The normalized spacial score (nSPS) is 10.8. The van der Waals surface area contributed by atoms with Gasteiger partial charge in [0, 0.05) is 22.1 Å². The van der Waals surface area contributed by atoms with Gasteiger partial charge in [0.25, 0.3) is 5.69 Å². The highest BCUT2D eigenvalue weighted by molar-refractivity contribution is 9.10. The van der Waals surface area contributed by atoms with Gasteiger partial charge in [-0.3, -0.25) is 14.9 Å². The zero-order valence-electron chi connectivity index (χ0n) is 16.5. The van der Waals surface area contributed by atoms with E-state index in [4.69, 9.17) is 16.3 Å². The number of non-ortho nitro benzene ring substituents is 1. The number of carbonyl (C=O) groups is 1. The molecule has 0 spiro atoms. The Morgan fingerprint density at radius 1 is 1.16 bits per heavy atom. The second-order valence-electron chi connectivity index (χ2n) is 6.44. The lowest BCUT2D eigenvalue weighted by atomic mass is 10.2. The summed E-state index contributed by atoms with van der Waals surface area (Å²) in [7, 11) is 0. The molecule has 0 unspecified atom stereocenters. The summed E-state index contributed by atoms with van der Waals surface area (Å²) in [5.74, 6) is 0.630. The standard InChI is InChI=1S/C22H17BrClN3O4S/c23-20-11-16(12-25-26-22(28)14-32-19-8-4-17(24)5-9-19)3-10-21(20)31-13-15-1-6-18(7-2-15)27(29)30/h1-12H,13-14H2,(H,26,28)/b25-12-. The third kappa shape index (κ3) is 7.37. The summed E-state index contributed by atoms with van der Waals surface area (Å²) < 4.78 is 6.48. The largest absolute Gasteiger partial charge is 0.488 e. The highest BCUT2D eigenvalue weighted by Crippen LogP contribution is 2.26. The fourth-order valence-corrected chi connectivity index (χ4v) is 3.81. The number of nitrogens with zero attached hydrogens (tertiary/aromatic N) is 2. The van der Waals surface area contributed by atoms with Crippen LogP contribution < -0.4 is 10.2 Å². The van der Waals surface area contributed by atoms with E-state index >= 15 is 0 Å². The Balaban J connectivity index is 1.47. The van der Waals surface area contributed by atoms with Crippen molar-refractivity contribution in [1.82, 2.24) is 5.43 Å². The second kappa shape index (κ2) is 11.7. The number of halogens is 2. The Morgan fingerprint density at radius 2 is 1.88 bits per heavy atom. The van der Waals surface area contributed by atoms with E-state index in [2.05, 4.69) is 26.5 Å².